The zero-order valence-corrected chi connectivity index (χ0v) is 41.1. The molecular weight excluding hydrogens is 877 g/mol. The van der Waals surface area contributed by atoms with Crippen molar-refractivity contribution in [3.63, 3.8) is 0 Å². The van der Waals surface area contributed by atoms with Crippen LogP contribution in [0.15, 0.2) is 267 Å². The van der Waals surface area contributed by atoms with E-state index < -0.39 is 10.8 Å². The summed E-state index contributed by atoms with van der Waals surface area (Å²) < 4.78 is 0. The zero-order valence-electron chi connectivity index (χ0n) is 41.1. The summed E-state index contributed by atoms with van der Waals surface area (Å²) in [6.45, 7) is 4.40. The van der Waals surface area contributed by atoms with Gasteiger partial charge in [0.1, 0.15) is 0 Å². The maximum atomic E-state index is 2.50. The van der Waals surface area contributed by atoms with E-state index >= 15 is 0 Å². The fraction of sp³-hybridized carbons (Fsp3) is 0.0685. The molecule has 73 heavy (non-hydrogen) atoms. The maximum absolute atomic E-state index is 2.50. The van der Waals surface area contributed by atoms with E-state index in [2.05, 4.69) is 281 Å². The molecule has 0 heteroatoms. The van der Waals surface area contributed by atoms with Gasteiger partial charge in [-0.1, -0.05) is 266 Å². The highest BCUT2D eigenvalue weighted by atomic mass is 14.5. The summed E-state index contributed by atoms with van der Waals surface area (Å²) >= 11 is 0. The molecule has 2 aliphatic rings. The Hall–Kier alpha value is -8.84. The Labute approximate surface area is 428 Å². The third kappa shape index (κ3) is 6.40. The lowest BCUT2D eigenvalue weighted by atomic mass is 9.67. The monoisotopic (exact) mass is 928 g/mol. The Morgan fingerprint density at radius 3 is 1.47 bits per heavy atom. The van der Waals surface area contributed by atoms with Gasteiger partial charge < -0.3 is 0 Å². The molecule has 0 saturated carbocycles. The molecule has 0 nitrogen and oxygen atoms in total. The van der Waals surface area contributed by atoms with Crippen molar-refractivity contribution in [2.24, 2.45) is 0 Å². The molecule has 12 aromatic carbocycles. The van der Waals surface area contributed by atoms with Crippen LogP contribution in [-0.4, -0.2) is 0 Å². The van der Waals surface area contributed by atoms with Crippen LogP contribution in [0.4, 0.5) is 0 Å². The highest BCUT2D eigenvalue weighted by Crippen LogP contribution is 2.60. The van der Waals surface area contributed by atoms with Crippen LogP contribution in [-0.2, 0) is 17.3 Å². The van der Waals surface area contributed by atoms with Gasteiger partial charge in [-0.05, 0) is 154 Å². The summed E-state index contributed by atoms with van der Waals surface area (Å²) in [6.07, 6.45) is 0.817. The van der Waals surface area contributed by atoms with Crippen molar-refractivity contribution in [2.75, 3.05) is 0 Å². The molecule has 0 amide bonds. The third-order valence-electron chi connectivity index (χ3n) is 16.6. The number of benzene rings is 12. The van der Waals surface area contributed by atoms with Gasteiger partial charge in [-0.2, -0.15) is 0 Å². The van der Waals surface area contributed by atoms with Gasteiger partial charge in [-0.25, -0.2) is 0 Å². The van der Waals surface area contributed by atoms with Gasteiger partial charge in [-0.3, -0.25) is 0 Å². The molecule has 2 aliphatic carbocycles. The number of fused-ring (bicyclic) bond motifs is 8. The lowest BCUT2D eigenvalue weighted by Gasteiger charge is -2.34. The summed E-state index contributed by atoms with van der Waals surface area (Å²) in [5.41, 5.74) is 24.9. The minimum Gasteiger partial charge on any atom is -0.0622 e. The van der Waals surface area contributed by atoms with E-state index in [-0.39, 0.29) is 0 Å². The first-order valence-corrected chi connectivity index (χ1v) is 25.8. The van der Waals surface area contributed by atoms with Crippen LogP contribution < -0.4 is 0 Å². The second-order valence-corrected chi connectivity index (χ2v) is 20.3. The van der Waals surface area contributed by atoms with E-state index in [1.807, 2.05) is 0 Å². The van der Waals surface area contributed by atoms with Crippen molar-refractivity contribution < 1.29 is 0 Å². The molecule has 344 valence electrons. The van der Waals surface area contributed by atoms with Crippen molar-refractivity contribution in [1.82, 2.24) is 0 Å². The highest BCUT2D eigenvalue weighted by Gasteiger charge is 2.48. The summed E-state index contributed by atoms with van der Waals surface area (Å²) in [5.74, 6) is 0. The van der Waals surface area contributed by atoms with Gasteiger partial charge in [-0.15, -0.1) is 0 Å². The van der Waals surface area contributed by atoms with Gasteiger partial charge in [0.05, 0.1) is 10.8 Å². The molecule has 0 spiro atoms. The van der Waals surface area contributed by atoms with E-state index in [1.54, 1.807) is 0 Å². The van der Waals surface area contributed by atoms with Gasteiger partial charge >= 0.3 is 0 Å². The fourth-order valence-corrected chi connectivity index (χ4v) is 13.3. The Morgan fingerprint density at radius 2 is 0.767 bits per heavy atom. The standard InChI is InChI=1S/C73H52/c1-48-32-39-55(40-33-48)73(67-29-15-13-26-63(67)64-45-38-52(47-70(64)73)59-43-34-49(2)57-22-9-11-24-60(57)59)56-41-35-50(36-42-56)46-51-37-44-62(61-25-12-10-23-58(51)61)65-28-17-31-69-71(65)66-27-14-16-30-68(66)72(69,53-18-5-3-6-19-53)54-20-7-4-8-21-54/h3-45,47H,46H2,1-2H3. The molecule has 1 atom stereocenters. The highest BCUT2D eigenvalue weighted by molar-refractivity contribution is 6.05. The van der Waals surface area contributed by atoms with E-state index in [0.29, 0.717) is 0 Å². The number of hydrogen-bond donors (Lipinski definition) is 0. The first kappa shape index (κ1) is 43.0. The smallest absolute Gasteiger partial charge is 0.0622 e. The van der Waals surface area contributed by atoms with Gasteiger partial charge in [0.25, 0.3) is 0 Å². The lowest BCUT2D eigenvalue weighted by Crippen LogP contribution is -2.28. The molecule has 1 unspecified atom stereocenters. The van der Waals surface area contributed by atoms with Crippen LogP contribution in [0, 0.1) is 13.8 Å². The van der Waals surface area contributed by atoms with Gasteiger partial charge in [0, 0.05) is 0 Å². The van der Waals surface area contributed by atoms with Crippen LogP contribution in [0.5, 0.6) is 0 Å². The zero-order chi connectivity index (χ0) is 48.7. The third-order valence-corrected chi connectivity index (χ3v) is 16.6. The fourth-order valence-electron chi connectivity index (χ4n) is 13.3. The van der Waals surface area contributed by atoms with Crippen LogP contribution in [0.3, 0.4) is 0 Å². The quantitative estimate of drug-likeness (QED) is 0.142. The summed E-state index contributed by atoms with van der Waals surface area (Å²) in [4.78, 5) is 0. The van der Waals surface area contributed by atoms with Gasteiger partial charge in [0.15, 0.2) is 0 Å². The largest absolute Gasteiger partial charge is 0.0713 e. The second kappa shape index (κ2) is 16.9. The average molecular weight is 929 g/mol. The predicted octanol–water partition coefficient (Wildman–Crippen LogP) is 18.3. The topological polar surface area (TPSA) is 0 Å². The predicted molar refractivity (Wildman–Crippen MR) is 306 cm³/mol. The van der Waals surface area contributed by atoms with E-state index in [4.69, 9.17) is 0 Å². The molecule has 0 N–H and O–H groups in total. The van der Waals surface area contributed by atoms with Crippen LogP contribution >= 0.6 is 0 Å². The second-order valence-electron chi connectivity index (χ2n) is 20.3. The Morgan fingerprint density at radius 1 is 0.288 bits per heavy atom. The molecule has 14 rings (SSSR count). The first-order valence-electron chi connectivity index (χ1n) is 25.8. The average Bonchev–Trinajstić information content (AvgIpc) is 3.93. The van der Waals surface area contributed by atoms with E-state index in [0.717, 1.165) is 6.42 Å². The Balaban J connectivity index is 0.891. The van der Waals surface area contributed by atoms with Crippen molar-refractivity contribution >= 4 is 21.5 Å². The first-order chi connectivity index (χ1) is 36.0. The Kier molecular flexibility index (Phi) is 9.95. The molecule has 0 aliphatic heterocycles. The van der Waals surface area contributed by atoms with Crippen molar-refractivity contribution in [1.29, 1.82) is 0 Å². The van der Waals surface area contributed by atoms with E-state index in [9.17, 15) is 0 Å². The minimum absolute atomic E-state index is 0.453. The molecule has 12 aromatic rings. The summed E-state index contributed by atoms with van der Waals surface area (Å²) in [7, 11) is 0. The molecule has 0 radical (unpaired) electrons. The molecule has 0 bridgehead atoms. The number of aryl methyl sites for hydroxylation is 2. The number of hydrogen-bond acceptors (Lipinski definition) is 0. The maximum Gasteiger partial charge on any atom is 0.0713 e. The summed E-state index contributed by atoms with van der Waals surface area (Å²) in [6, 6.07) is 101. The SMILES string of the molecule is Cc1ccc(C2(c3ccc(Cc4ccc(-c5cccc6c5-c5ccccc5C6(c5ccccc5)c5ccccc5)c5ccccc45)cc3)c3ccccc3-c3ccc(-c4ccc(C)c5ccccc45)cc32)cc1. The van der Waals surface area contributed by atoms with Gasteiger partial charge in [0.2, 0.25) is 0 Å². The molecule has 0 fully saturated rings. The normalized spacial score (nSPS) is 14.9. The van der Waals surface area contributed by atoms with Crippen LogP contribution in [0.2, 0.25) is 0 Å². The van der Waals surface area contributed by atoms with E-state index in [1.165, 1.54) is 133 Å². The van der Waals surface area contributed by atoms with Crippen LogP contribution in [0.25, 0.3) is 66.1 Å². The molecule has 0 aromatic heterocycles. The summed E-state index contributed by atoms with van der Waals surface area (Å²) in [5, 5.41) is 5.15. The molecule has 0 heterocycles. The van der Waals surface area contributed by atoms with Crippen LogP contribution in [0.1, 0.15) is 66.8 Å². The number of rotatable bonds is 8. The van der Waals surface area contributed by atoms with Crippen molar-refractivity contribution in [3.05, 3.63) is 334 Å². The van der Waals surface area contributed by atoms with Crippen molar-refractivity contribution in [3.8, 4) is 44.5 Å². The lowest BCUT2D eigenvalue weighted by molar-refractivity contribution is 0.767. The van der Waals surface area contributed by atoms with Crippen molar-refractivity contribution in [2.45, 2.75) is 31.1 Å². The minimum atomic E-state index is -0.518. The Bertz CT molecular complexity index is 4060. The molecule has 0 saturated heterocycles. The molecular formula is C73H52.